The van der Waals surface area contributed by atoms with Crippen molar-refractivity contribution in [3.63, 3.8) is 0 Å². The fraction of sp³-hybridized carbons (Fsp3) is 0. The van der Waals surface area contributed by atoms with Gasteiger partial charge < -0.3 is 0 Å². The lowest BCUT2D eigenvalue weighted by Crippen LogP contribution is -1.76. The monoisotopic (exact) mass is 238 g/mol. The number of rotatable bonds is 2. The maximum atomic E-state index is 4.50. The largest absolute Gasteiger partial charge is 0.243 e. The number of aromatic nitrogens is 1. The Hall–Kier alpha value is -2.00. The van der Waals surface area contributed by atoms with E-state index in [0.29, 0.717) is 0 Å². The molecular weight excluding hydrogens is 228 g/mol. The highest BCUT2D eigenvalue weighted by molar-refractivity contribution is 7.11. The molecule has 3 heteroatoms. The minimum atomic E-state index is 0.962. The van der Waals surface area contributed by atoms with Crippen LogP contribution in [-0.2, 0) is 0 Å². The Morgan fingerprint density at radius 1 is 0.941 bits per heavy atom. The minimum Gasteiger partial charge on any atom is -0.243 e. The molecule has 0 aliphatic carbocycles. The van der Waals surface area contributed by atoms with Gasteiger partial charge in [-0.15, -0.1) is 0 Å². The molecule has 1 aromatic heterocycles. The molecule has 0 unspecified atom stereocenters. The molecule has 0 fully saturated rings. The second kappa shape index (κ2) is 4.47. The van der Waals surface area contributed by atoms with Crippen LogP contribution in [0.2, 0.25) is 0 Å². The van der Waals surface area contributed by atoms with E-state index in [-0.39, 0.29) is 0 Å². The standard InChI is InChI=1S/C14H10N2S/c1-2-6-11(7-3-1)10-15-14-12-8-4-5-9-13(12)16-17-14/h1-10H/b15-10+. The van der Waals surface area contributed by atoms with E-state index < -0.39 is 0 Å². The number of aliphatic imine (C=N–C) groups is 1. The topological polar surface area (TPSA) is 25.2 Å². The third-order valence-corrected chi connectivity index (χ3v) is 3.28. The molecular formula is C14H10N2S. The van der Waals surface area contributed by atoms with Crippen molar-refractivity contribution in [1.82, 2.24) is 4.37 Å². The van der Waals surface area contributed by atoms with E-state index in [1.165, 1.54) is 11.5 Å². The van der Waals surface area contributed by atoms with Crippen LogP contribution in [0.1, 0.15) is 5.56 Å². The molecule has 2 aromatic carbocycles. The van der Waals surface area contributed by atoms with Gasteiger partial charge in [-0.1, -0.05) is 42.5 Å². The van der Waals surface area contributed by atoms with Crippen LogP contribution in [0.25, 0.3) is 10.9 Å². The molecule has 0 radical (unpaired) electrons. The summed E-state index contributed by atoms with van der Waals surface area (Å²) in [7, 11) is 0. The van der Waals surface area contributed by atoms with Crippen LogP contribution in [0, 0.1) is 0 Å². The summed E-state index contributed by atoms with van der Waals surface area (Å²) in [5, 5.41) is 2.08. The molecule has 0 saturated heterocycles. The van der Waals surface area contributed by atoms with Gasteiger partial charge in [0, 0.05) is 11.6 Å². The Morgan fingerprint density at radius 3 is 2.59 bits per heavy atom. The van der Waals surface area contributed by atoms with Crippen LogP contribution < -0.4 is 0 Å². The van der Waals surface area contributed by atoms with E-state index in [1.807, 2.05) is 54.7 Å². The summed E-state index contributed by atoms with van der Waals surface area (Å²) in [5.74, 6) is 0. The Balaban J connectivity index is 1.98. The summed E-state index contributed by atoms with van der Waals surface area (Å²) in [4.78, 5) is 4.50. The van der Waals surface area contributed by atoms with Crippen LogP contribution >= 0.6 is 11.5 Å². The first kappa shape index (κ1) is 10.2. The molecule has 82 valence electrons. The first-order valence-corrected chi connectivity index (χ1v) is 6.14. The minimum absolute atomic E-state index is 0.962. The molecule has 0 saturated carbocycles. The van der Waals surface area contributed by atoms with Crippen molar-refractivity contribution >= 4 is 33.7 Å². The third-order valence-electron chi connectivity index (χ3n) is 2.50. The van der Waals surface area contributed by atoms with E-state index >= 15 is 0 Å². The van der Waals surface area contributed by atoms with Crippen molar-refractivity contribution in [1.29, 1.82) is 0 Å². The van der Waals surface area contributed by atoms with Gasteiger partial charge in [-0.3, -0.25) is 0 Å². The van der Waals surface area contributed by atoms with Crippen LogP contribution in [0.4, 0.5) is 5.00 Å². The van der Waals surface area contributed by atoms with Gasteiger partial charge in [-0.2, -0.15) is 4.37 Å². The maximum absolute atomic E-state index is 4.50. The lowest BCUT2D eigenvalue weighted by Gasteiger charge is -1.91. The second-order valence-corrected chi connectivity index (χ2v) is 4.43. The van der Waals surface area contributed by atoms with Gasteiger partial charge >= 0.3 is 0 Å². The van der Waals surface area contributed by atoms with Gasteiger partial charge in [0.05, 0.1) is 5.52 Å². The van der Waals surface area contributed by atoms with E-state index in [0.717, 1.165) is 21.5 Å². The van der Waals surface area contributed by atoms with Crippen LogP contribution in [0.3, 0.4) is 0 Å². The maximum Gasteiger partial charge on any atom is 0.143 e. The molecule has 3 rings (SSSR count). The molecule has 0 spiro atoms. The van der Waals surface area contributed by atoms with Crippen molar-refractivity contribution in [2.24, 2.45) is 4.99 Å². The Bertz CT molecular complexity index is 656. The second-order valence-electron chi connectivity index (χ2n) is 3.67. The summed E-state index contributed by atoms with van der Waals surface area (Å²) >= 11 is 1.43. The Kier molecular flexibility index (Phi) is 2.68. The van der Waals surface area contributed by atoms with Crippen LogP contribution in [-0.4, -0.2) is 10.6 Å². The van der Waals surface area contributed by atoms with Gasteiger partial charge in [-0.25, -0.2) is 4.99 Å². The van der Waals surface area contributed by atoms with Crippen molar-refractivity contribution in [3.8, 4) is 0 Å². The molecule has 0 amide bonds. The number of hydrogen-bond donors (Lipinski definition) is 0. The quantitative estimate of drug-likeness (QED) is 0.618. The molecule has 1 heterocycles. The van der Waals surface area contributed by atoms with Gasteiger partial charge in [0.25, 0.3) is 0 Å². The van der Waals surface area contributed by atoms with Crippen molar-refractivity contribution in [2.45, 2.75) is 0 Å². The van der Waals surface area contributed by atoms with E-state index in [9.17, 15) is 0 Å². The zero-order chi connectivity index (χ0) is 11.5. The van der Waals surface area contributed by atoms with Crippen molar-refractivity contribution in [3.05, 3.63) is 60.2 Å². The summed E-state index contributed by atoms with van der Waals surface area (Å²) in [6.45, 7) is 0. The molecule has 2 nitrogen and oxygen atoms in total. The number of hydrogen-bond acceptors (Lipinski definition) is 3. The highest BCUT2D eigenvalue weighted by atomic mass is 32.1. The lowest BCUT2D eigenvalue weighted by atomic mass is 10.2. The number of nitrogens with zero attached hydrogens (tertiary/aromatic N) is 2. The predicted molar refractivity (Wildman–Crippen MR) is 73.3 cm³/mol. The van der Waals surface area contributed by atoms with E-state index in [4.69, 9.17) is 0 Å². The molecule has 0 aliphatic heterocycles. The zero-order valence-electron chi connectivity index (χ0n) is 9.08. The summed E-state index contributed by atoms with van der Waals surface area (Å²) in [5.41, 5.74) is 2.11. The third kappa shape index (κ3) is 2.10. The van der Waals surface area contributed by atoms with Gasteiger partial charge in [0.1, 0.15) is 5.00 Å². The van der Waals surface area contributed by atoms with E-state index in [2.05, 4.69) is 15.4 Å². The SMILES string of the molecule is C(=N\c1snc2ccccc12)/c1ccccc1. The Labute approximate surface area is 103 Å². The van der Waals surface area contributed by atoms with E-state index in [1.54, 1.807) is 0 Å². The normalized spacial score (nSPS) is 11.3. The van der Waals surface area contributed by atoms with Crippen molar-refractivity contribution in [2.75, 3.05) is 0 Å². The lowest BCUT2D eigenvalue weighted by molar-refractivity contribution is 1.62. The number of fused-ring (bicyclic) bond motifs is 1. The molecule has 0 N–H and O–H groups in total. The highest BCUT2D eigenvalue weighted by Crippen LogP contribution is 2.29. The smallest absolute Gasteiger partial charge is 0.143 e. The van der Waals surface area contributed by atoms with Crippen molar-refractivity contribution < 1.29 is 0 Å². The Morgan fingerprint density at radius 2 is 1.71 bits per heavy atom. The molecule has 0 aliphatic rings. The zero-order valence-corrected chi connectivity index (χ0v) is 9.89. The summed E-state index contributed by atoms with van der Waals surface area (Å²) < 4.78 is 4.36. The van der Waals surface area contributed by atoms with Gasteiger partial charge in [0.2, 0.25) is 0 Å². The average molecular weight is 238 g/mol. The fourth-order valence-corrected chi connectivity index (χ4v) is 2.36. The predicted octanol–water partition coefficient (Wildman–Crippen LogP) is 4.05. The first-order chi connectivity index (χ1) is 8.43. The molecule has 3 aromatic rings. The summed E-state index contributed by atoms with van der Waals surface area (Å²) in [6, 6.07) is 18.1. The van der Waals surface area contributed by atoms with Crippen LogP contribution in [0.5, 0.6) is 0 Å². The summed E-state index contributed by atoms with van der Waals surface area (Å²) in [6.07, 6.45) is 1.87. The number of benzene rings is 2. The fourth-order valence-electron chi connectivity index (χ4n) is 1.64. The van der Waals surface area contributed by atoms with Crippen LogP contribution in [0.15, 0.2) is 59.6 Å². The van der Waals surface area contributed by atoms with Gasteiger partial charge in [-0.05, 0) is 29.2 Å². The van der Waals surface area contributed by atoms with Gasteiger partial charge in [0.15, 0.2) is 0 Å². The molecule has 0 bridgehead atoms. The molecule has 17 heavy (non-hydrogen) atoms. The highest BCUT2D eigenvalue weighted by Gasteiger charge is 2.02. The average Bonchev–Trinajstić information content (AvgIpc) is 2.81. The first-order valence-electron chi connectivity index (χ1n) is 5.37. The molecule has 0 atom stereocenters.